The lowest BCUT2D eigenvalue weighted by atomic mass is 9.67. The maximum absolute atomic E-state index is 6.69. The molecule has 0 fully saturated rings. The van der Waals surface area contributed by atoms with E-state index in [4.69, 9.17) is 13.9 Å². The van der Waals surface area contributed by atoms with Gasteiger partial charge in [0.1, 0.15) is 11.2 Å². The Labute approximate surface area is 482 Å². The molecule has 390 valence electrons. The van der Waals surface area contributed by atoms with Crippen molar-refractivity contribution in [3.63, 3.8) is 0 Å². The van der Waals surface area contributed by atoms with Crippen LogP contribution in [0.3, 0.4) is 0 Å². The third-order valence-corrected chi connectivity index (χ3v) is 17.1. The predicted molar refractivity (Wildman–Crippen MR) is 341 cm³/mol. The Morgan fingerprint density at radius 3 is 1.08 bits per heavy atom. The lowest BCUT2D eigenvalue weighted by molar-refractivity contribution is 0.174. The van der Waals surface area contributed by atoms with Gasteiger partial charge in [0.15, 0.2) is 11.5 Å². The monoisotopic (exact) mass is 1060 g/mol. The third kappa shape index (κ3) is 8.27. The second-order valence-corrected chi connectivity index (χ2v) is 21.8. The average Bonchev–Trinajstić information content (AvgIpc) is 1.83. The lowest BCUT2D eigenvalue weighted by Crippen LogP contribution is -2.28. The van der Waals surface area contributed by atoms with Crippen LogP contribution in [0, 0.1) is 0 Å². The summed E-state index contributed by atoms with van der Waals surface area (Å²) in [6, 6.07) is 111. The predicted octanol–water partition coefficient (Wildman–Crippen LogP) is 21.0. The van der Waals surface area contributed by atoms with E-state index in [2.05, 4.69) is 297 Å². The van der Waals surface area contributed by atoms with Crippen molar-refractivity contribution in [1.29, 1.82) is 0 Å². The molecule has 83 heavy (non-hydrogen) atoms. The number of benzene rings is 13. The Bertz CT molecular complexity index is 4480. The molecule has 1 aliphatic carbocycles. The van der Waals surface area contributed by atoms with Crippen LogP contribution in [-0.4, -0.2) is 6.79 Å². The number of hydrogen-bond donors (Lipinski definition) is 0. The lowest BCUT2D eigenvalue weighted by Gasteiger charge is -2.34. The Kier molecular flexibility index (Phi) is 11.5. The number of para-hydroxylation sites is 1. The van der Waals surface area contributed by atoms with Gasteiger partial charge in [-0.2, -0.15) is 0 Å². The van der Waals surface area contributed by atoms with Crippen molar-refractivity contribution in [2.24, 2.45) is 0 Å². The van der Waals surface area contributed by atoms with Crippen molar-refractivity contribution in [2.45, 2.75) is 5.41 Å². The zero-order valence-electron chi connectivity index (χ0n) is 45.3. The second kappa shape index (κ2) is 19.8. The normalized spacial score (nSPS) is 12.8. The van der Waals surface area contributed by atoms with E-state index in [0.717, 1.165) is 106 Å². The third-order valence-electron chi connectivity index (χ3n) is 17.1. The van der Waals surface area contributed by atoms with Crippen molar-refractivity contribution in [3.8, 4) is 112 Å². The Balaban J connectivity index is 0.891. The molecule has 3 nitrogen and oxygen atoms in total. The molecule has 0 unspecified atom stereocenters. The summed E-state index contributed by atoms with van der Waals surface area (Å²) in [5, 5.41) is 2.17. The molecular weight excluding hydrogens is 1010 g/mol. The van der Waals surface area contributed by atoms with Crippen molar-refractivity contribution < 1.29 is 13.9 Å². The van der Waals surface area contributed by atoms with E-state index >= 15 is 0 Å². The first-order valence-corrected chi connectivity index (χ1v) is 28.4. The average molecular weight is 1060 g/mol. The van der Waals surface area contributed by atoms with Gasteiger partial charge in [-0.05, 0) is 207 Å². The van der Waals surface area contributed by atoms with Crippen LogP contribution in [0.1, 0.15) is 22.3 Å². The molecule has 14 aromatic rings. The van der Waals surface area contributed by atoms with Gasteiger partial charge in [-0.1, -0.05) is 218 Å². The highest BCUT2D eigenvalue weighted by atomic mass is 16.7. The van der Waals surface area contributed by atoms with E-state index in [9.17, 15) is 0 Å². The Morgan fingerprint density at radius 1 is 0.253 bits per heavy atom. The Hall–Kier alpha value is -10.7. The van der Waals surface area contributed by atoms with Crippen LogP contribution in [0.4, 0.5) is 0 Å². The molecular formula is C80H52O3. The van der Waals surface area contributed by atoms with Crippen LogP contribution >= 0.6 is 0 Å². The summed E-state index contributed by atoms with van der Waals surface area (Å²) >= 11 is 0. The molecule has 1 aromatic heterocycles. The molecule has 2 aliphatic rings. The van der Waals surface area contributed by atoms with E-state index < -0.39 is 5.41 Å². The molecule has 1 aliphatic heterocycles. The van der Waals surface area contributed by atoms with Crippen molar-refractivity contribution in [3.05, 3.63) is 326 Å². The van der Waals surface area contributed by atoms with Crippen molar-refractivity contribution in [2.75, 3.05) is 6.79 Å². The quantitative estimate of drug-likeness (QED) is 0.137. The topological polar surface area (TPSA) is 31.6 Å². The minimum absolute atomic E-state index is 0.163. The van der Waals surface area contributed by atoms with Crippen LogP contribution in [0.2, 0.25) is 0 Å². The van der Waals surface area contributed by atoms with Gasteiger partial charge in [0.05, 0.1) is 5.41 Å². The highest BCUT2D eigenvalue weighted by Crippen LogP contribution is 2.61. The van der Waals surface area contributed by atoms with E-state index in [1.165, 1.54) is 50.1 Å². The molecule has 0 atom stereocenters. The van der Waals surface area contributed by atoms with Gasteiger partial charge in [-0.15, -0.1) is 0 Å². The van der Waals surface area contributed by atoms with E-state index in [0.29, 0.717) is 0 Å². The van der Waals surface area contributed by atoms with Crippen molar-refractivity contribution in [1.82, 2.24) is 0 Å². The molecule has 3 heteroatoms. The molecule has 0 spiro atoms. The zero-order chi connectivity index (χ0) is 54.8. The van der Waals surface area contributed by atoms with E-state index in [1.807, 2.05) is 6.07 Å². The first kappa shape index (κ1) is 48.2. The van der Waals surface area contributed by atoms with Gasteiger partial charge in [0.25, 0.3) is 0 Å². The van der Waals surface area contributed by atoms with Gasteiger partial charge in [-0.25, -0.2) is 0 Å². The van der Waals surface area contributed by atoms with Crippen molar-refractivity contribution >= 4 is 21.9 Å². The van der Waals surface area contributed by atoms with Crippen LogP contribution in [0.25, 0.3) is 122 Å². The van der Waals surface area contributed by atoms with Crippen LogP contribution in [-0.2, 0) is 5.41 Å². The van der Waals surface area contributed by atoms with Gasteiger partial charge >= 0.3 is 0 Å². The van der Waals surface area contributed by atoms with E-state index in [-0.39, 0.29) is 6.79 Å². The maximum atomic E-state index is 6.69. The maximum Gasteiger partial charge on any atom is 0.231 e. The fraction of sp³-hybridized carbons (Fsp3) is 0.0250. The molecule has 0 radical (unpaired) electrons. The van der Waals surface area contributed by atoms with Gasteiger partial charge in [-0.3, -0.25) is 0 Å². The second-order valence-electron chi connectivity index (χ2n) is 21.8. The number of rotatable bonds is 10. The van der Waals surface area contributed by atoms with Crippen LogP contribution < -0.4 is 9.47 Å². The summed E-state index contributed by atoms with van der Waals surface area (Å²) in [6.07, 6.45) is 0. The molecule has 2 heterocycles. The molecule has 16 rings (SSSR count). The minimum Gasteiger partial charge on any atom is -0.456 e. The van der Waals surface area contributed by atoms with Crippen LogP contribution in [0.5, 0.6) is 11.5 Å². The fourth-order valence-corrected chi connectivity index (χ4v) is 13.2. The molecule has 0 saturated carbocycles. The Morgan fingerprint density at radius 2 is 0.614 bits per heavy atom. The summed E-state index contributed by atoms with van der Waals surface area (Å²) in [6.45, 7) is 0.163. The molecule has 0 amide bonds. The zero-order valence-corrected chi connectivity index (χ0v) is 45.3. The standard InChI is InChI=1S/C80H52O3/c1-5-19-52(20-6-1)62-41-63(53-21-7-2-8-22-53)44-66(43-62)58-29-15-27-56(39-58)60-31-17-33-68(47-60)80(72-37-38-75-79(70-35-13-14-36-74(70)83-75)78(72)71-49-76-77(50-73(71)80)82-51-81-76)69-34-18-32-61(48-69)57-28-16-30-59(40-57)67-45-64(54-23-9-3-10-24-54)42-65(46-67)55-25-11-4-12-26-55/h1-50H,51H2. The van der Waals surface area contributed by atoms with Gasteiger partial charge < -0.3 is 13.9 Å². The summed E-state index contributed by atoms with van der Waals surface area (Å²) < 4.78 is 19.3. The van der Waals surface area contributed by atoms with Gasteiger partial charge in [0, 0.05) is 10.8 Å². The number of fused-ring (bicyclic) bond motifs is 8. The molecule has 13 aromatic carbocycles. The summed E-state index contributed by atoms with van der Waals surface area (Å²) in [4.78, 5) is 0. The number of furan rings is 1. The summed E-state index contributed by atoms with van der Waals surface area (Å²) in [5.41, 5.74) is 26.3. The van der Waals surface area contributed by atoms with Crippen LogP contribution in [0.15, 0.2) is 308 Å². The van der Waals surface area contributed by atoms with Gasteiger partial charge in [0.2, 0.25) is 6.79 Å². The number of hydrogen-bond acceptors (Lipinski definition) is 3. The largest absolute Gasteiger partial charge is 0.456 e. The van der Waals surface area contributed by atoms with E-state index in [1.54, 1.807) is 0 Å². The fourth-order valence-electron chi connectivity index (χ4n) is 13.2. The smallest absolute Gasteiger partial charge is 0.231 e. The summed E-state index contributed by atoms with van der Waals surface area (Å²) in [5.74, 6) is 1.48. The first-order valence-electron chi connectivity index (χ1n) is 28.4. The molecule has 0 saturated heterocycles. The SMILES string of the molecule is c1ccc(-c2cc(-c3ccccc3)cc(-c3cccc(-c4cccc(C5(c6cccc(-c7cccc(-c8cc(-c9ccccc9)cc(-c9ccccc9)c8)c7)c6)c6cc7c(cc6-c6c5ccc5oc8ccccc8c65)OCO7)c4)c3)c2)cc1. The highest BCUT2D eigenvalue weighted by molar-refractivity contribution is 6.16. The number of ether oxygens (including phenoxy) is 2. The molecule has 0 N–H and O–H groups in total. The highest BCUT2D eigenvalue weighted by Gasteiger charge is 2.49. The minimum atomic E-state index is -0.831. The summed E-state index contributed by atoms with van der Waals surface area (Å²) in [7, 11) is 0. The molecule has 0 bridgehead atoms. The first-order chi connectivity index (χ1) is 41.1.